The number of morpholine rings is 1. The van der Waals surface area contributed by atoms with Gasteiger partial charge in [-0.2, -0.15) is 0 Å². The number of rotatable bonds is 3. The van der Waals surface area contributed by atoms with Crippen LogP contribution in [0.15, 0.2) is 0 Å². The lowest BCUT2D eigenvalue weighted by atomic mass is 9.97. The van der Waals surface area contributed by atoms with Crippen LogP contribution in [0.5, 0.6) is 0 Å². The Kier molecular flexibility index (Phi) is 3.96. The summed E-state index contributed by atoms with van der Waals surface area (Å²) in [5.74, 6) is -0.993. The first-order valence-electron chi connectivity index (χ1n) is 6.40. The number of hydrogen-bond donors (Lipinski definition) is 1. The van der Waals surface area contributed by atoms with Crippen molar-refractivity contribution in [2.24, 2.45) is 0 Å². The summed E-state index contributed by atoms with van der Waals surface area (Å²) < 4.78 is 10.6. The predicted molar refractivity (Wildman–Crippen MR) is 65.9 cm³/mol. The summed E-state index contributed by atoms with van der Waals surface area (Å²) in [7, 11) is 0. The number of aliphatic carboxylic acids is 1. The summed E-state index contributed by atoms with van der Waals surface area (Å²) in [6, 6.07) is 0.0558. The highest BCUT2D eigenvalue weighted by Crippen LogP contribution is 2.26. The minimum atomic E-state index is -0.993. The number of ether oxygens (including phenoxy) is 2. The van der Waals surface area contributed by atoms with Crippen molar-refractivity contribution in [3.05, 3.63) is 0 Å². The number of carboxylic acid groups (broad SMARTS) is 1. The van der Waals surface area contributed by atoms with E-state index < -0.39 is 11.6 Å². The number of hydrogen-bond acceptors (Lipinski definition) is 4. The van der Waals surface area contributed by atoms with Crippen LogP contribution in [0.25, 0.3) is 0 Å². The monoisotopic (exact) mass is 272 g/mol. The van der Waals surface area contributed by atoms with Gasteiger partial charge in [0.2, 0.25) is 0 Å². The summed E-state index contributed by atoms with van der Waals surface area (Å²) in [5.41, 5.74) is -0.538. The molecule has 7 heteroatoms. The molecule has 7 nitrogen and oxygen atoms in total. The molecule has 1 N–H and O–H groups in total. The molecule has 0 spiro atoms. The molecule has 0 aromatic carbocycles. The minimum absolute atomic E-state index is 0.0211. The molecule has 2 saturated heterocycles. The van der Waals surface area contributed by atoms with Crippen molar-refractivity contribution in [3.8, 4) is 0 Å². The van der Waals surface area contributed by atoms with E-state index in [4.69, 9.17) is 14.6 Å². The van der Waals surface area contributed by atoms with Gasteiger partial charge in [-0.25, -0.2) is 9.59 Å². The summed E-state index contributed by atoms with van der Waals surface area (Å²) in [5, 5.41) is 8.58. The first kappa shape index (κ1) is 14.1. The Balaban J connectivity index is 1.82. The zero-order chi connectivity index (χ0) is 14.0. The van der Waals surface area contributed by atoms with E-state index >= 15 is 0 Å². The third kappa shape index (κ3) is 3.16. The van der Waals surface area contributed by atoms with Gasteiger partial charge in [0.15, 0.2) is 0 Å². The summed E-state index contributed by atoms with van der Waals surface area (Å²) in [4.78, 5) is 26.2. The van der Waals surface area contributed by atoms with Crippen LogP contribution in [0.1, 0.15) is 13.8 Å². The van der Waals surface area contributed by atoms with E-state index in [0.29, 0.717) is 32.8 Å². The van der Waals surface area contributed by atoms with Crippen LogP contribution in [0.2, 0.25) is 0 Å². The van der Waals surface area contributed by atoms with Gasteiger partial charge in [-0.05, 0) is 13.8 Å². The molecule has 0 aliphatic carbocycles. The number of amides is 2. The van der Waals surface area contributed by atoms with Crippen LogP contribution in [-0.2, 0) is 14.3 Å². The number of carbonyl (C=O) groups is 2. The highest BCUT2D eigenvalue weighted by atomic mass is 16.5. The Morgan fingerprint density at radius 3 is 2.74 bits per heavy atom. The van der Waals surface area contributed by atoms with E-state index in [1.165, 1.54) is 0 Å². The third-order valence-electron chi connectivity index (χ3n) is 3.48. The molecule has 0 saturated carbocycles. The summed E-state index contributed by atoms with van der Waals surface area (Å²) in [6.07, 6.45) is 0. The molecular formula is C12H20N2O5. The van der Waals surface area contributed by atoms with Crippen LogP contribution in [-0.4, -0.2) is 78.0 Å². The summed E-state index contributed by atoms with van der Waals surface area (Å²) in [6.45, 7) is 6.05. The van der Waals surface area contributed by atoms with Crippen LogP contribution in [0, 0.1) is 0 Å². The van der Waals surface area contributed by atoms with Crippen LogP contribution in [0.3, 0.4) is 0 Å². The molecule has 2 fully saturated rings. The van der Waals surface area contributed by atoms with Gasteiger partial charge in [-0.1, -0.05) is 0 Å². The predicted octanol–water partition coefficient (Wildman–Crippen LogP) is 0.00260. The molecule has 2 heterocycles. The van der Waals surface area contributed by atoms with Crippen molar-refractivity contribution in [1.82, 2.24) is 9.80 Å². The van der Waals surface area contributed by atoms with E-state index in [1.807, 2.05) is 13.8 Å². The largest absolute Gasteiger partial charge is 0.480 e. The fourth-order valence-electron chi connectivity index (χ4n) is 2.42. The van der Waals surface area contributed by atoms with E-state index in [2.05, 4.69) is 0 Å². The molecule has 1 unspecified atom stereocenters. The standard InChI is InChI=1S/C12H20N2O5/c1-9-5-18-4-3-14(9)11(17)13-7-12(2,8-13)19-6-10(15)16/h9H,3-8H2,1-2H3,(H,15,16). The van der Waals surface area contributed by atoms with Gasteiger partial charge in [0, 0.05) is 6.54 Å². The molecule has 2 amide bonds. The molecule has 2 aliphatic rings. The summed E-state index contributed by atoms with van der Waals surface area (Å²) >= 11 is 0. The maximum absolute atomic E-state index is 12.2. The SMILES string of the molecule is CC1COCCN1C(=O)N1CC(C)(OCC(=O)O)C1. The Hall–Kier alpha value is -1.34. The van der Waals surface area contributed by atoms with E-state index in [1.54, 1.807) is 9.80 Å². The average molecular weight is 272 g/mol. The van der Waals surface area contributed by atoms with Gasteiger partial charge in [-0.3, -0.25) is 0 Å². The second-order valence-corrected chi connectivity index (χ2v) is 5.39. The first-order chi connectivity index (χ1) is 8.91. The fourth-order valence-corrected chi connectivity index (χ4v) is 2.42. The zero-order valence-electron chi connectivity index (χ0n) is 11.3. The van der Waals surface area contributed by atoms with Crippen LogP contribution >= 0.6 is 0 Å². The van der Waals surface area contributed by atoms with E-state index in [-0.39, 0.29) is 18.7 Å². The van der Waals surface area contributed by atoms with Gasteiger partial charge in [0.1, 0.15) is 12.2 Å². The lowest BCUT2D eigenvalue weighted by Crippen LogP contribution is -2.67. The molecule has 2 rings (SSSR count). The molecule has 0 bridgehead atoms. The second kappa shape index (κ2) is 5.34. The van der Waals surface area contributed by atoms with Gasteiger partial charge >= 0.3 is 12.0 Å². The third-order valence-corrected chi connectivity index (χ3v) is 3.48. The number of urea groups is 1. The maximum Gasteiger partial charge on any atom is 0.329 e. The van der Waals surface area contributed by atoms with E-state index in [9.17, 15) is 9.59 Å². The fraction of sp³-hybridized carbons (Fsp3) is 0.833. The highest BCUT2D eigenvalue weighted by molar-refractivity contribution is 5.76. The zero-order valence-corrected chi connectivity index (χ0v) is 11.3. The molecule has 19 heavy (non-hydrogen) atoms. The number of carboxylic acids is 1. The molecule has 0 radical (unpaired) electrons. The van der Waals surface area contributed by atoms with Crippen molar-refractivity contribution in [1.29, 1.82) is 0 Å². The van der Waals surface area contributed by atoms with Gasteiger partial charge in [-0.15, -0.1) is 0 Å². The van der Waals surface area contributed by atoms with Gasteiger partial charge in [0.25, 0.3) is 0 Å². The molecular weight excluding hydrogens is 252 g/mol. The van der Waals surface area contributed by atoms with Crippen molar-refractivity contribution >= 4 is 12.0 Å². The number of carbonyl (C=O) groups excluding carboxylic acids is 1. The molecule has 2 aliphatic heterocycles. The quantitative estimate of drug-likeness (QED) is 0.782. The lowest BCUT2D eigenvalue weighted by Gasteiger charge is -2.49. The topological polar surface area (TPSA) is 79.3 Å². The number of likely N-dealkylation sites (tertiary alicyclic amines) is 1. The Labute approximate surface area is 112 Å². The minimum Gasteiger partial charge on any atom is -0.480 e. The Morgan fingerprint density at radius 2 is 2.16 bits per heavy atom. The van der Waals surface area contributed by atoms with Gasteiger partial charge < -0.3 is 24.4 Å². The maximum atomic E-state index is 12.2. The first-order valence-corrected chi connectivity index (χ1v) is 6.40. The van der Waals surface area contributed by atoms with Gasteiger partial charge in [0.05, 0.1) is 32.3 Å². The highest BCUT2D eigenvalue weighted by Gasteiger charge is 2.44. The van der Waals surface area contributed by atoms with Crippen LogP contribution in [0.4, 0.5) is 4.79 Å². The van der Waals surface area contributed by atoms with Crippen molar-refractivity contribution < 1.29 is 24.2 Å². The molecule has 108 valence electrons. The van der Waals surface area contributed by atoms with Crippen molar-refractivity contribution in [3.63, 3.8) is 0 Å². The second-order valence-electron chi connectivity index (χ2n) is 5.39. The Morgan fingerprint density at radius 1 is 1.47 bits per heavy atom. The smallest absolute Gasteiger partial charge is 0.329 e. The van der Waals surface area contributed by atoms with Crippen molar-refractivity contribution in [2.75, 3.05) is 39.5 Å². The lowest BCUT2D eigenvalue weighted by molar-refractivity contribution is -0.160. The number of nitrogens with zero attached hydrogens (tertiary/aromatic N) is 2. The average Bonchev–Trinajstić information content (AvgIpc) is 2.33. The normalized spacial score (nSPS) is 25.9. The van der Waals surface area contributed by atoms with Crippen LogP contribution < -0.4 is 0 Å². The van der Waals surface area contributed by atoms with E-state index in [0.717, 1.165) is 0 Å². The molecule has 1 atom stereocenters. The molecule has 0 aromatic heterocycles. The Bertz CT molecular complexity index is 367. The van der Waals surface area contributed by atoms with Crippen molar-refractivity contribution in [2.45, 2.75) is 25.5 Å². The molecule has 0 aromatic rings.